The average molecular weight is 363 g/mol. The second kappa shape index (κ2) is 18.8. The van der Waals surface area contributed by atoms with Crippen molar-refractivity contribution < 1.29 is 0 Å². The van der Waals surface area contributed by atoms with E-state index in [1.165, 1.54) is 95.2 Å². The van der Waals surface area contributed by atoms with Gasteiger partial charge in [-0.3, -0.25) is 0 Å². The number of rotatable bonds is 15. The normalized spacial score (nSPS) is 13.4. The second-order valence-electron chi connectivity index (χ2n) is 7.30. The van der Waals surface area contributed by atoms with Gasteiger partial charge in [0.15, 0.2) is 0 Å². The second-order valence-corrected chi connectivity index (χ2v) is 8.16. The highest BCUT2D eigenvalue weighted by molar-refractivity contribution is 7.22. The van der Waals surface area contributed by atoms with Crippen LogP contribution < -0.4 is 0 Å². The van der Waals surface area contributed by atoms with Crippen molar-refractivity contribution in [2.24, 2.45) is 5.92 Å². The predicted octanol–water partition coefficient (Wildman–Crippen LogP) is 8.69. The van der Waals surface area contributed by atoms with E-state index in [1.807, 2.05) is 0 Å². The Labute approximate surface area is 156 Å². The van der Waals surface area contributed by atoms with Gasteiger partial charge in [-0.1, -0.05) is 108 Å². The van der Waals surface area contributed by atoms with Crippen molar-refractivity contribution in [2.75, 3.05) is 0 Å². The van der Waals surface area contributed by atoms with Gasteiger partial charge < -0.3 is 0 Å². The molecule has 0 nitrogen and oxygen atoms in total. The Kier molecular flexibility index (Phi) is 21.0. The molecular formula is C21H44ClP. The van der Waals surface area contributed by atoms with E-state index in [9.17, 15) is 0 Å². The maximum absolute atomic E-state index is 2.85. The zero-order valence-electron chi connectivity index (χ0n) is 16.5. The van der Waals surface area contributed by atoms with Crippen molar-refractivity contribution in [1.82, 2.24) is 0 Å². The highest BCUT2D eigenvalue weighted by Crippen LogP contribution is 2.24. The molecule has 0 spiro atoms. The minimum Gasteiger partial charge on any atom is -0.147 e. The maximum atomic E-state index is 2.85. The van der Waals surface area contributed by atoms with Crippen LogP contribution >= 0.6 is 21.6 Å². The van der Waals surface area contributed by atoms with E-state index >= 15 is 0 Å². The van der Waals surface area contributed by atoms with Crippen molar-refractivity contribution in [1.29, 1.82) is 0 Å². The average Bonchev–Trinajstić information content (AvgIpc) is 2.50. The molecule has 0 aromatic rings. The molecular weight excluding hydrogens is 319 g/mol. The summed E-state index contributed by atoms with van der Waals surface area (Å²) >= 11 is 0. The predicted molar refractivity (Wildman–Crippen MR) is 115 cm³/mol. The van der Waals surface area contributed by atoms with Gasteiger partial charge in [0, 0.05) is 0 Å². The summed E-state index contributed by atoms with van der Waals surface area (Å²) in [6.45, 7) is 9.17. The Bertz CT molecular complexity index is 269. The van der Waals surface area contributed by atoms with Gasteiger partial charge in [-0.25, -0.2) is 0 Å². The van der Waals surface area contributed by atoms with Gasteiger partial charge in [-0.15, -0.1) is 21.6 Å². The Morgan fingerprint density at radius 3 is 1.39 bits per heavy atom. The van der Waals surface area contributed by atoms with Crippen LogP contribution in [0.2, 0.25) is 0 Å². The molecule has 0 saturated heterocycles. The third kappa shape index (κ3) is 17.1. The van der Waals surface area contributed by atoms with Crippen molar-refractivity contribution in [3.8, 4) is 0 Å². The molecule has 0 fully saturated rings. The summed E-state index contributed by atoms with van der Waals surface area (Å²) in [5, 5.41) is 1.43. The third-order valence-electron chi connectivity index (χ3n) is 5.10. The molecule has 0 aromatic carbocycles. The quantitative estimate of drug-likeness (QED) is 0.202. The van der Waals surface area contributed by atoms with Crippen LogP contribution in [-0.4, -0.2) is 0 Å². The van der Waals surface area contributed by atoms with Crippen molar-refractivity contribution in [3.05, 3.63) is 10.9 Å². The zero-order chi connectivity index (χ0) is 16.6. The molecule has 0 bridgehead atoms. The van der Waals surface area contributed by atoms with Crippen LogP contribution in [0.15, 0.2) is 10.9 Å². The summed E-state index contributed by atoms with van der Waals surface area (Å²) in [7, 11) is 2.85. The number of unbranched alkanes of at least 4 members (excludes halogenated alkanes) is 12. The number of hydrogen-bond donors (Lipinski definition) is 0. The first-order valence-electron chi connectivity index (χ1n) is 10.0. The molecule has 0 saturated carbocycles. The fourth-order valence-corrected chi connectivity index (χ4v) is 3.36. The Morgan fingerprint density at radius 1 is 0.696 bits per heavy atom. The SMILES string of the molecule is CCCCCCCCCCCCCCCC(C)C(C)=C(C)P.Cl. The minimum atomic E-state index is 0. The molecule has 0 amide bonds. The van der Waals surface area contributed by atoms with E-state index < -0.39 is 0 Å². The lowest BCUT2D eigenvalue weighted by atomic mass is 9.95. The summed E-state index contributed by atoms with van der Waals surface area (Å²) in [4.78, 5) is 0. The molecule has 2 unspecified atom stereocenters. The first-order valence-corrected chi connectivity index (χ1v) is 10.6. The van der Waals surface area contributed by atoms with E-state index in [1.54, 1.807) is 5.57 Å². The van der Waals surface area contributed by atoms with Crippen LogP contribution in [0, 0.1) is 5.92 Å². The molecule has 0 N–H and O–H groups in total. The summed E-state index contributed by atoms with van der Waals surface area (Å²) in [5.74, 6) is 0.769. The standard InChI is InChI=1S/C21H43P.ClH/c1-5-6-7-8-9-10-11-12-13-14-15-16-17-18-19(2)20(3)21(4)22;/h19H,5-18,22H2,1-4H3;1H. The molecule has 23 heavy (non-hydrogen) atoms. The van der Waals surface area contributed by atoms with Crippen molar-refractivity contribution >= 4 is 21.6 Å². The number of hydrogen-bond acceptors (Lipinski definition) is 0. The molecule has 0 radical (unpaired) electrons. The monoisotopic (exact) mass is 362 g/mol. The van der Waals surface area contributed by atoms with Gasteiger partial charge in [0.1, 0.15) is 0 Å². The molecule has 2 atom stereocenters. The van der Waals surface area contributed by atoms with Gasteiger partial charge in [-0.05, 0) is 26.2 Å². The molecule has 0 aliphatic heterocycles. The maximum Gasteiger partial charge on any atom is -0.0229 e. The smallest absolute Gasteiger partial charge is 0.0229 e. The summed E-state index contributed by atoms with van der Waals surface area (Å²) in [6, 6.07) is 0. The fraction of sp³-hybridized carbons (Fsp3) is 0.905. The lowest BCUT2D eigenvalue weighted by Gasteiger charge is -2.13. The van der Waals surface area contributed by atoms with Gasteiger partial charge in [-0.2, -0.15) is 0 Å². The molecule has 0 rings (SSSR count). The Balaban J connectivity index is 0. The van der Waals surface area contributed by atoms with E-state index in [4.69, 9.17) is 0 Å². The van der Waals surface area contributed by atoms with Crippen LogP contribution in [0.1, 0.15) is 118 Å². The number of allylic oxidation sites excluding steroid dienone is 2. The van der Waals surface area contributed by atoms with Gasteiger partial charge in [0.2, 0.25) is 0 Å². The highest BCUT2D eigenvalue weighted by Gasteiger charge is 2.05. The van der Waals surface area contributed by atoms with Crippen molar-refractivity contribution in [2.45, 2.75) is 118 Å². The van der Waals surface area contributed by atoms with Gasteiger partial charge in [0.25, 0.3) is 0 Å². The van der Waals surface area contributed by atoms with Crippen LogP contribution in [0.25, 0.3) is 0 Å². The largest absolute Gasteiger partial charge is 0.147 e. The zero-order valence-corrected chi connectivity index (χ0v) is 18.4. The lowest BCUT2D eigenvalue weighted by molar-refractivity contribution is 0.512. The van der Waals surface area contributed by atoms with E-state index in [-0.39, 0.29) is 12.4 Å². The van der Waals surface area contributed by atoms with Gasteiger partial charge in [0.05, 0.1) is 0 Å². The molecule has 2 heteroatoms. The number of halogens is 1. The summed E-state index contributed by atoms with van der Waals surface area (Å²) in [5.41, 5.74) is 1.57. The lowest BCUT2D eigenvalue weighted by Crippen LogP contribution is -1.97. The van der Waals surface area contributed by atoms with Gasteiger partial charge >= 0.3 is 0 Å². The highest BCUT2D eigenvalue weighted by atomic mass is 35.5. The first-order chi connectivity index (χ1) is 10.6. The molecule has 0 aromatic heterocycles. The summed E-state index contributed by atoms with van der Waals surface area (Å²) in [6.07, 6.45) is 20.2. The van der Waals surface area contributed by atoms with Crippen LogP contribution in [0.3, 0.4) is 0 Å². The van der Waals surface area contributed by atoms with E-state index in [0.29, 0.717) is 0 Å². The topological polar surface area (TPSA) is 0 Å². The van der Waals surface area contributed by atoms with Crippen LogP contribution in [-0.2, 0) is 0 Å². The minimum absolute atomic E-state index is 0. The Morgan fingerprint density at radius 2 is 1.04 bits per heavy atom. The molecule has 0 aliphatic rings. The molecule has 0 heterocycles. The van der Waals surface area contributed by atoms with Crippen LogP contribution in [0.4, 0.5) is 0 Å². The first kappa shape index (κ1) is 25.7. The van der Waals surface area contributed by atoms with Crippen LogP contribution in [0.5, 0.6) is 0 Å². The van der Waals surface area contributed by atoms with E-state index in [0.717, 1.165) is 5.92 Å². The fourth-order valence-electron chi connectivity index (χ4n) is 3.07. The van der Waals surface area contributed by atoms with E-state index in [2.05, 4.69) is 36.9 Å². The molecule has 140 valence electrons. The molecule has 0 aliphatic carbocycles. The third-order valence-corrected chi connectivity index (χ3v) is 5.56. The summed E-state index contributed by atoms with van der Waals surface area (Å²) < 4.78 is 0. The van der Waals surface area contributed by atoms with Crippen molar-refractivity contribution in [3.63, 3.8) is 0 Å². The Hall–Kier alpha value is 0.460.